The maximum absolute atomic E-state index is 13.9. The molecule has 0 fully saturated rings. The SMILES string of the molecule is CC/C=C\CCCCCCCC(=O)OCC(COC(=O)CCCCCCC/C=C\CCCCCCCC)N(CCCN(C)C)C(=O)CCC(=O)OC(CCC)CCCCCC. The van der Waals surface area contributed by atoms with E-state index in [1.165, 1.54) is 57.8 Å². The van der Waals surface area contributed by atoms with E-state index in [1.54, 1.807) is 4.90 Å². The van der Waals surface area contributed by atoms with Crippen molar-refractivity contribution < 1.29 is 33.4 Å². The zero-order chi connectivity index (χ0) is 45.0. The van der Waals surface area contributed by atoms with E-state index in [1.807, 2.05) is 14.1 Å². The molecule has 9 nitrogen and oxygen atoms in total. The number of unbranched alkanes of at least 4 members (excludes halogenated alkanes) is 19. The standard InChI is InChI=1S/C52H96N2O7/c1-7-11-14-17-19-21-22-23-24-25-26-28-30-32-35-40-51(57)60-46-47(45-59-50(56)39-34-31-29-27-20-18-15-12-8-2)54(44-36-43-53(5)6)49(55)41-42-52(58)61-48(37-10-4)38-33-16-13-9-3/h12,15,23-24,47-48H,7-11,13-14,16-22,25-46H2,1-6H3/b15-12-,24-23-. The average Bonchev–Trinajstić information content (AvgIpc) is 3.24. The second kappa shape index (κ2) is 43.9. The number of rotatable bonds is 44. The van der Waals surface area contributed by atoms with Crippen LogP contribution in [0.4, 0.5) is 0 Å². The molecule has 0 aromatic carbocycles. The number of esters is 3. The molecule has 0 aromatic rings. The molecule has 0 radical (unpaired) electrons. The number of amides is 1. The fraction of sp³-hybridized carbons (Fsp3) is 0.846. The van der Waals surface area contributed by atoms with Gasteiger partial charge in [-0.05, 0) is 104 Å². The Bertz CT molecular complexity index is 1110. The van der Waals surface area contributed by atoms with Crippen LogP contribution in [0.1, 0.15) is 233 Å². The predicted octanol–water partition coefficient (Wildman–Crippen LogP) is 13.4. The molecule has 1 amide bonds. The third-order valence-corrected chi connectivity index (χ3v) is 11.3. The summed E-state index contributed by atoms with van der Waals surface area (Å²) in [5, 5.41) is 0. The van der Waals surface area contributed by atoms with Crippen LogP contribution in [0.2, 0.25) is 0 Å². The maximum atomic E-state index is 13.9. The van der Waals surface area contributed by atoms with Gasteiger partial charge in [0.15, 0.2) is 0 Å². The van der Waals surface area contributed by atoms with Crippen molar-refractivity contribution in [3.63, 3.8) is 0 Å². The van der Waals surface area contributed by atoms with E-state index in [0.717, 1.165) is 122 Å². The normalized spacial score (nSPS) is 12.6. The lowest BCUT2D eigenvalue weighted by Crippen LogP contribution is -2.47. The van der Waals surface area contributed by atoms with E-state index in [4.69, 9.17) is 14.2 Å². The lowest BCUT2D eigenvalue weighted by Gasteiger charge is -2.32. The van der Waals surface area contributed by atoms with Crippen LogP contribution in [0, 0.1) is 0 Å². The van der Waals surface area contributed by atoms with Crippen LogP contribution in [0.15, 0.2) is 24.3 Å². The number of carbonyl (C=O) groups is 4. The molecule has 2 atom stereocenters. The van der Waals surface area contributed by atoms with E-state index >= 15 is 0 Å². The van der Waals surface area contributed by atoms with Crippen molar-refractivity contribution in [1.82, 2.24) is 9.80 Å². The van der Waals surface area contributed by atoms with E-state index in [2.05, 4.69) is 56.9 Å². The Labute approximate surface area is 375 Å². The fourth-order valence-electron chi connectivity index (χ4n) is 7.49. The topological polar surface area (TPSA) is 102 Å². The molecule has 61 heavy (non-hydrogen) atoms. The minimum absolute atomic E-state index is 0.0168. The minimum Gasteiger partial charge on any atom is -0.463 e. The Balaban J connectivity index is 5.28. The summed E-state index contributed by atoms with van der Waals surface area (Å²) in [4.78, 5) is 56.6. The highest BCUT2D eigenvalue weighted by molar-refractivity contribution is 5.82. The molecule has 0 heterocycles. The molecule has 0 aliphatic carbocycles. The van der Waals surface area contributed by atoms with Gasteiger partial charge in [-0.3, -0.25) is 19.2 Å². The van der Waals surface area contributed by atoms with Crippen LogP contribution in [0.25, 0.3) is 0 Å². The van der Waals surface area contributed by atoms with Crippen molar-refractivity contribution in [3.05, 3.63) is 24.3 Å². The molecule has 2 unspecified atom stereocenters. The molecular weight excluding hydrogens is 765 g/mol. The fourth-order valence-corrected chi connectivity index (χ4v) is 7.49. The molecular formula is C52H96N2O7. The van der Waals surface area contributed by atoms with Crippen LogP contribution in [0.3, 0.4) is 0 Å². The molecule has 9 heteroatoms. The highest BCUT2D eigenvalue weighted by atomic mass is 16.6. The number of ether oxygens (including phenoxy) is 3. The van der Waals surface area contributed by atoms with Gasteiger partial charge in [0.05, 0.1) is 12.5 Å². The quantitative estimate of drug-likeness (QED) is 0.0258. The largest absolute Gasteiger partial charge is 0.463 e. The molecule has 0 aromatic heterocycles. The summed E-state index contributed by atoms with van der Waals surface area (Å²) in [6, 6.07) is -0.643. The molecule has 356 valence electrons. The van der Waals surface area contributed by atoms with Gasteiger partial charge in [0.1, 0.15) is 19.3 Å². The zero-order valence-corrected chi connectivity index (χ0v) is 40.7. The van der Waals surface area contributed by atoms with Crippen molar-refractivity contribution in [1.29, 1.82) is 0 Å². The summed E-state index contributed by atoms with van der Waals surface area (Å²) in [5.74, 6) is -1.19. The Morgan fingerprint density at radius 3 is 1.43 bits per heavy atom. The van der Waals surface area contributed by atoms with Crippen molar-refractivity contribution in [2.75, 3.05) is 40.4 Å². The summed E-state index contributed by atoms with van der Waals surface area (Å²) in [6.45, 7) is 9.70. The first-order chi connectivity index (χ1) is 29.7. The second-order valence-electron chi connectivity index (χ2n) is 17.5. The first-order valence-corrected chi connectivity index (χ1v) is 25.4. The molecule has 0 rings (SSSR count). The Kier molecular flexibility index (Phi) is 42.0. The Morgan fingerprint density at radius 2 is 0.934 bits per heavy atom. The third-order valence-electron chi connectivity index (χ3n) is 11.3. The van der Waals surface area contributed by atoms with Crippen LogP contribution in [0.5, 0.6) is 0 Å². The molecule has 0 N–H and O–H groups in total. The molecule has 0 spiro atoms. The Hall–Kier alpha value is -2.68. The van der Waals surface area contributed by atoms with Crippen molar-refractivity contribution in [3.8, 4) is 0 Å². The number of hydrogen-bond acceptors (Lipinski definition) is 8. The molecule has 0 saturated heterocycles. The lowest BCUT2D eigenvalue weighted by atomic mass is 10.1. The van der Waals surface area contributed by atoms with Crippen molar-refractivity contribution in [2.24, 2.45) is 0 Å². The van der Waals surface area contributed by atoms with E-state index in [9.17, 15) is 19.2 Å². The van der Waals surface area contributed by atoms with Gasteiger partial charge in [0.2, 0.25) is 5.91 Å². The first-order valence-electron chi connectivity index (χ1n) is 25.4. The lowest BCUT2D eigenvalue weighted by molar-refractivity contribution is -0.155. The van der Waals surface area contributed by atoms with Crippen LogP contribution in [-0.4, -0.2) is 86.2 Å². The van der Waals surface area contributed by atoms with Gasteiger partial charge in [0, 0.05) is 25.8 Å². The highest BCUT2D eigenvalue weighted by Crippen LogP contribution is 2.17. The molecule has 0 aliphatic rings. The second-order valence-corrected chi connectivity index (χ2v) is 17.5. The van der Waals surface area contributed by atoms with E-state index in [-0.39, 0.29) is 56.0 Å². The highest BCUT2D eigenvalue weighted by Gasteiger charge is 2.27. The van der Waals surface area contributed by atoms with Crippen LogP contribution >= 0.6 is 0 Å². The summed E-state index contributed by atoms with van der Waals surface area (Å²) < 4.78 is 17.4. The van der Waals surface area contributed by atoms with Gasteiger partial charge in [-0.1, -0.05) is 148 Å². The van der Waals surface area contributed by atoms with Crippen LogP contribution in [-0.2, 0) is 33.4 Å². The van der Waals surface area contributed by atoms with Crippen LogP contribution < -0.4 is 0 Å². The average molecular weight is 861 g/mol. The third kappa shape index (κ3) is 38.7. The molecule has 0 bridgehead atoms. The Morgan fingerprint density at radius 1 is 0.459 bits per heavy atom. The minimum atomic E-state index is -0.643. The summed E-state index contributed by atoms with van der Waals surface area (Å²) >= 11 is 0. The maximum Gasteiger partial charge on any atom is 0.306 e. The smallest absolute Gasteiger partial charge is 0.306 e. The van der Waals surface area contributed by atoms with Crippen molar-refractivity contribution in [2.45, 2.75) is 245 Å². The number of carbonyl (C=O) groups excluding carboxylic acids is 4. The van der Waals surface area contributed by atoms with Gasteiger partial charge >= 0.3 is 17.9 Å². The van der Waals surface area contributed by atoms with Crippen molar-refractivity contribution >= 4 is 23.8 Å². The molecule has 0 saturated carbocycles. The van der Waals surface area contributed by atoms with Gasteiger partial charge < -0.3 is 24.0 Å². The van der Waals surface area contributed by atoms with E-state index in [0.29, 0.717) is 25.8 Å². The number of allylic oxidation sites excluding steroid dienone is 4. The van der Waals surface area contributed by atoms with Gasteiger partial charge in [-0.25, -0.2) is 0 Å². The zero-order valence-electron chi connectivity index (χ0n) is 40.7. The van der Waals surface area contributed by atoms with E-state index < -0.39 is 6.04 Å². The number of nitrogens with zero attached hydrogens (tertiary/aromatic N) is 2. The summed E-state index contributed by atoms with van der Waals surface area (Å²) in [5.41, 5.74) is 0. The van der Waals surface area contributed by atoms with Gasteiger partial charge in [-0.15, -0.1) is 0 Å². The molecule has 0 aliphatic heterocycles. The number of hydrogen-bond donors (Lipinski definition) is 0. The van der Waals surface area contributed by atoms with Gasteiger partial charge in [-0.2, -0.15) is 0 Å². The monoisotopic (exact) mass is 861 g/mol. The van der Waals surface area contributed by atoms with Gasteiger partial charge in [0.25, 0.3) is 0 Å². The summed E-state index contributed by atoms with van der Waals surface area (Å²) in [6.07, 6.45) is 40.0. The summed E-state index contributed by atoms with van der Waals surface area (Å²) in [7, 11) is 3.97. The predicted molar refractivity (Wildman–Crippen MR) is 255 cm³/mol. The first kappa shape index (κ1) is 58.3.